The smallest absolute Gasteiger partial charge is 0.256 e. The van der Waals surface area contributed by atoms with E-state index in [-0.39, 0.29) is 0 Å². The van der Waals surface area contributed by atoms with Crippen molar-refractivity contribution < 1.29 is 13.9 Å². The average Bonchev–Trinajstić information content (AvgIpc) is 2.47. The van der Waals surface area contributed by atoms with E-state index in [0.29, 0.717) is 27.0 Å². The van der Waals surface area contributed by atoms with Crippen molar-refractivity contribution in [2.75, 3.05) is 12.4 Å². The summed E-state index contributed by atoms with van der Waals surface area (Å²) in [4.78, 5) is 12.2. The summed E-state index contributed by atoms with van der Waals surface area (Å²) < 4.78 is 18.5. The number of rotatable bonds is 3. The van der Waals surface area contributed by atoms with Gasteiger partial charge in [0.25, 0.3) is 5.91 Å². The molecule has 0 heterocycles. The molecule has 0 aromatic heterocycles. The van der Waals surface area contributed by atoms with Crippen LogP contribution in [0.4, 0.5) is 10.1 Å². The first-order valence-corrected chi connectivity index (χ1v) is 6.69. The summed E-state index contributed by atoms with van der Waals surface area (Å²) in [6.07, 6.45) is 0. The minimum Gasteiger partial charge on any atom is -0.495 e. The third-order valence-electron chi connectivity index (χ3n) is 2.75. The molecule has 0 fully saturated rings. The van der Waals surface area contributed by atoms with E-state index in [2.05, 4.69) is 21.2 Å². The number of anilines is 1. The molecule has 0 saturated heterocycles. The first kappa shape index (κ1) is 15.0. The Kier molecular flexibility index (Phi) is 4.55. The van der Waals surface area contributed by atoms with Gasteiger partial charge in [-0.2, -0.15) is 5.26 Å². The molecule has 4 nitrogen and oxygen atoms in total. The first-order valence-electron chi connectivity index (χ1n) is 5.89. The molecule has 2 rings (SSSR count). The number of nitriles is 1. The summed E-state index contributed by atoms with van der Waals surface area (Å²) in [6, 6.07) is 10.5. The molecule has 0 radical (unpaired) electrons. The minimum atomic E-state index is -0.436. The second-order valence-electron chi connectivity index (χ2n) is 4.11. The van der Waals surface area contributed by atoms with E-state index in [4.69, 9.17) is 10.00 Å². The number of hydrogen-bond donors (Lipinski definition) is 1. The minimum absolute atomic E-state index is 0.294. The number of benzene rings is 2. The molecule has 1 N–H and O–H groups in total. The van der Waals surface area contributed by atoms with Crippen LogP contribution in [0.1, 0.15) is 15.9 Å². The zero-order valence-electron chi connectivity index (χ0n) is 11.0. The van der Waals surface area contributed by atoms with E-state index in [1.807, 2.05) is 6.07 Å². The largest absolute Gasteiger partial charge is 0.495 e. The summed E-state index contributed by atoms with van der Waals surface area (Å²) in [5.41, 5.74) is 1.15. The van der Waals surface area contributed by atoms with Crippen LogP contribution in [0.2, 0.25) is 0 Å². The molecule has 6 heteroatoms. The normalized spacial score (nSPS) is 9.81. The maximum Gasteiger partial charge on any atom is 0.256 e. The molecule has 21 heavy (non-hydrogen) atoms. The molecule has 0 unspecified atom stereocenters. The second kappa shape index (κ2) is 6.37. The lowest BCUT2D eigenvalue weighted by Gasteiger charge is -2.11. The van der Waals surface area contributed by atoms with Crippen LogP contribution in [0.25, 0.3) is 0 Å². The lowest BCUT2D eigenvalue weighted by molar-refractivity contribution is 0.102. The Hall–Kier alpha value is -2.39. The van der Waals surface area contributed by atoms with Gasteiger partial charge in [0.2, 0.25) is 0 Å². The van der Waals surface area contributed by atoms with Crippen molar-refractivity contribution in [1.82, 2.24) is 0 Å². The molecule has 0 bridgehead atoms. The third kappa shape index (κ3) is 3.38. The van der Waals surface area contributed by atoms with Crippen molar-refractivity contribution >= 4 is 27.5 Å². The highest BCUT2D eigenvalue weighted by atomic mass is 79.9. The van der Waals surface area contributed by atoms with Gasteiger partial charge in [-0.05, 0) is 46.3 Å². The van der Waals surface area contributed by atoms with Crippen LogP contribution in [0, 0.1) is 17.1 Å². The van der Waals surface area contributed by atoms with E-state index in [1.54, 1.807) is 12.1 Å². The fourth-order valence-corrected chi connectivity index (χ4v) is 2.26. The van der Waals surface area contributed by atoms with Gasteiger partial charge in [-0.3, -0.25) is 4.79 Å². The molecule has 1 amide bonds. The molecular weight excluding hydrogens is 339 g/mol. The number of methoxy groups -OCH3 is 1. The van der Waals surface area contributed by atoms with Gasteiger partial charge in [-0.25, -0.2) is 4.39 Å². The van der Waals surface area contributed by atoms with Crippen molar-refractivity contribution in [3.05, 3.63) is 57.8 Å². The number of hydrogen-bond acceptors (Lipinski definition) is 3. The lowest BCUT2D eigenvalue weighted by Crippen LogP contribution is -2.13. The van der Waals surface area contributed by atoms with E-state index in [1.165, 1.54) is 31.4 Å². The fourth-order valence-electron chi connectivity index (χ4n) is 1.73. The molecule has 0 saturated carbocycles. The Morgan fingerprint density at radius 3 is 2.71 bits per heavy atom. The maximum absolute atomic E-state index is 13.0. The van der Waals surface area contributed by atoms with E-state index >= 15 is 0 Å². The number of amides is 1. The van der Waals surface area contributed by atoms with E-state index in [9.17, 15) is 9.18 Å². The van der Waals surface area contributed by atoms with Gasteiger partial charge in [0.15, 0.2) is 0 Å². The van der Waals surface area contributed by atoms with Crippen LogP contribution in [0.3, 0.4) is 0 Å². The third-order valence-corrected chi connectivity index (χ3v) is 3.41. The van der Waals surface area contributed by atoms with Crippen LogP contribution < -0.4 is 10.1 Å². The van der Waals surface area contributed by atoms with Crippen LogP contribution in [-0.4, -0.2) is 13.0 Å². The summed E-state index contributed by atoms with van der Waals surface area (Å²) in [6.45, 7) is 0. The van der Waals surface area contributed by atoms with Crippen molar-refractivity contribution in [3.63, 3.8) is 0 Å². The molecule has 0 atom stereocenters. The monoisotopic (exact) mass is 348 g/mol. The average molecular weight is 349 g/mol. The van der Waals surface area contributed by atoms with Gasteiger partial charge in [0, 0.05) is 10.5 Å². The van der Waals surface area contributed by atoms with Gasteiger partial charge in [0.1, 0.15) is 11.6 Å². The van der Waals surface area contributed by atoms with Crippen molar-refractivity contribution in [2.45, 2.75) is 0 Å². The summed E-state index contributed by atoms with van der Waals surface area (Å²) in [5.74, 6) is -0.472. The number of nitrogens with one attached hydrogen (secondary N) is 1. The molecule has 0 aliphatic rings. The standard InChI is InChI=1S/C15H10BrFN2O2/c1-21-14-6-9(8-18)2-5-13(14)19-15(20)11-4-3-10(17)7-12(11)16/h2-7H,1H3,(H,19,20). The summed E-state index contributed by atoms with van der Waals surface area (Å²) in [5, 5.41) is 11.5. The van der Waals surface area contributed by atoms with Gasteiger partial charge in [-0.1, -0.05) is 0 Å². The molecule has 0 spiro atoms. The predicted molar refractivity (Wildman–Crippen MR) is 79.8 cm³/mol. The highest BCUT2D eigenvalue weighted by Gasteiger charge is 2.13. The van der Waals surface area contributed by atoms with Crippen LogP contribution in [0.5, 0.6) is 5.75 Å². The zero-order valence-corrected chi connectivity index (χ0v) is 12.6. The van der Waals surface area contributed by atoms with Gasteiger partial charge in [0.05, 0.1) is 30.0 Å². The highest BCUT2D eigenvalue weighted by Crippen LogP contribution is 2.27. The Morgan fingerprint density at radius 2 is 2.10 bits per heavy atom. The lowest BCUT2D eigenvalue weighted by atomic mass is 10.1. The SMILES string of the molecule is COc1cc(C#N)ccc1NC(=O)c1ccc(F)cc1Br. The summed E-state index contributed by atoms with van der Waals surface area (Å²) in [7, 11) is 1.44. The Morgan fingerprint density at radius 1 is 1.33 bits per heavy atom. The first-order chi connectivity index (χ1) is 10.0. The van der Waals surface area contributed by atoms with Crippen molar-refractivity contribution in [3.8, 4) is 11.8 Å². The second-order valence-corrected chi connectivity index (χ2v) is 4.96. The van der Waals surface area contributed by atoms with Crippen LogP contribution >= 0.6 is 15.9 Å². The Labute approximate surface area is 129 Å². The van der Waals surface area contributed by atoms with Gasteiger partial charge in [-0.15, -0.1) is 0 Å². The van der Waals surface area contributed by atoms with Gasteiger partial charge < -0.3 is 10.1 Å². The van der Waals surface area contributed by atoms with Crippen LogP contribution in [0.15, 0.2) is 40.9 Å². The van der Waals surface area contributed by atoms with E-state index in [0.717, 1.165) is 0 Å². The quantitative estimate of drug-likeness (QED) is 0.919. The molecule has 2 aromatic rings. The maximum atomic E-state index is 13.0. The molecule has 106 valence electrons. The number of carbonyl (C=O) groups excluding carboxylic acids is 1. The topological polar surface area (TPSA) is 62.1 Å². The zero-order chi connectivity index (χ0) is 15.4. The number of halogens is 2. The van der Waals surface area contributed by atoms with E-state index < -0.39 is 11.7 Å². The predicted octanol–water partition coefficient (Wildman–Crippen LogP) is 3.72. The van der Waals surface area contributed by atoms with Crippen LogP contribution in [-0.2, 0) is 0 Å². The number of ether oxygens (including phenoxy) is 1. The molecule has 0 aliphatic carbocycles. The van der Waals surface area contributed by atoms with Crippen molar-refractivity contribution in [2.24, 2.45) is 0 Å². The molecule has 2 aromatic carbocycles. The number of nitrogens with zero attached hydrogens (tertiary/aromatic N) is 1. The fraction of sp³-hybridized carbons (Fsp3) is 0.0667. The van der Waals surface area contributed by atoms with Crippen molar-refractivity contribution in [1.29, 1.82) is 5.26 Å². The number of carbonyl (C=O) groups is 1. The Balaban J connectivity index is 2.29. The molecule has 0 aliphatic heterocycles. The summed E-state index contributed by atoms with van der Waals surface area (Å²) >= 11 is 3.14. The Bertz CT molecular complexity index is 741. The molecular formula is C15H10BrFN2O2. The highest BCUT2D eigenvalue weighted by molar-refractivity contribution is 9.10. The van der Waals surface area contributed by atoms with Gasteiger partial charge >= 0.3 is 0 Å².